The maximum absolute atomic E-state index is 13.4. The van der Waals surface area contributed by atoms with Crippen molar-refractivity contribution in [2.75, 3.05) is 17.2 Å². The number of nitrogens with one attached hydrogen (secondary N) is 2. The van der Waals surface area contributed by atoms with Crippen molar-refractivity contribution in [3.63, 3.8) is 0 Å². The molecule has 2 N–H and O–H groups in total. The molecule has 1 amide bonds. The van der Waals surface area contributed by atoms with Gasteiger partial charge in [-0.25, -0.2) is 4.68 Å². The van der Waals surface area contributed by atoms with Gasteiger partial charge in [-0.15, -0.1) is 5.10 Å². The van der Waals surface area contributed by atoms with E-state index in [2.05, 4.69) is 25.7 Å². The van der Waals surface area contributed by atoms with E-state index in [1.807, 2.05) is 38.1 Å². The zero-order valence-corrected chi connectivity index (χ0v) is 18.1. The summed E-state index contributed by atoms with van der Waals surface area (Å²) in [6.07, 6.45) is 4.83. The highest BCUT2D eigenvalue weighted by atomic mass is 16.5. The van der Waals surface area contributed by atoms with Gasteiger partial charge in [0.2, 0.25) is 11.8 Å². The molecule has 166 valence electrons. The number of allylic oxidation sites excluding steroid dienone is 1. The van der Waals surface area contributed by atoms with Crippen molar-refractivity contribution in [1.82, 2.24) is 19.7 Å². The van der Waals surface area contributed by atoms with Gasteiger partial charge in [-0.05, 0) is 55.8 Å². The lowest BCUT2D eigenvalue weighted by molar-refractivity contribution is -0.113. The number of carbonyl (C=O) groups excluding carboxylic acids is 1. The molecular weight excluding hydrogens is 420 g/mol. The van der Waals surface area contributed by atoms with Gasteiger partial charge in [0.1, 0.15) is 11.8 Å². The van der Waals surface area contributed by atoms with E-state index in [1.54, 1.807) is 47.6 Å². The average Bonchev–Trinajstić information content (AvgIpc) is 3.49. The minimum atomic E-state index is -0.509. The third-order valence-corrected chi connectivity index (χ3v) is 5.27. The highest BCUT2D eigenvalue weighted by Gasteiger charge is 2.34. The predicted octanol–water partition coefficient (Wildman–Crippen LogP) is 4.26. The van der Waals surface area contributed by atoms with Crippen LogP contribution in [0.2, 0.25) is 0 Å². The molecule has 1 unspecified atom stereocenters. The Bertz CT molecular complexity index is 1290. The second-order valence-electron chi connectivity index (χ2n) is 7.44. The van der Waals surface area contributed by atoms with Crippen molar-refractivity contribution in [3.8, 4) is 17.3 Å². The first-order valence-electron chi connectivity index (χ1n) is 10.6. The van der Waals surface area contributed by atoms with Gasteiger partial charge in [0, 0.05) is 11.9 Å². The van der Waals surface area contributed by atoms with Crippen molar-refractivity contribution < 1.29 is 13.9 Å². The summed E-state index contributed by atoms with van der Waals surface area (Å²) < 4.78 is 12.8. The largest absolute Gasteiger partial charge is 0.494 e. The van der Waals surface area contributed by atoms with Crippen molar-refractivity contribution in [2.24, 2.45) is 0 Å². The van der Waals surface area contributed by atoms with Gasteiger partial charge < -0.3 is 19.8 Å². The van der Waals surface area contributed by atoms with E-state index in [0.29, 0.717) is 41.1 Å². The highest BCUT2D eigenvalue weighted by Crippen LogP contribution is 2.37. The predicted molar refractivity (Wildman–Crippen MR) is 123 cm³/mol. The molecule has 0 saturated carbocycles. The molecule has 0 aliphatic carbocycles. The number of hydrogen-bond acceptors (Lipinski definition) is 7. The van der Waals surface area contributed by atoms with Crippen LogP contribution in [0.15, 0.2) is 82.9 Å². The molecule has 1 aliphatic rings. The summed E-state index contributed by atoms with van der Waals surface area (Å²) in [7, 11) is 0. The molecule has 1 aromatic carbocycles. The number of anilines is 2. The number of nitrogens with zero attached hydrogens (tertiary/aromatic N) is 4. The minimum Gasteiger partial charge on any atom is -0.494 e. The molecule has 9 nitrogen and oxygen atoms in total. The van der Waals surface area contributed by atoms with Gasteiger partial charge in [-0.2, -0.15) is 4.98 Å². The second-order valence-corrected chi connectivity index (χ2v) is 7.44. The summed E-state index contributed by atoms with van der Waals surface area (Å²) in [5.41, 5.74) is 2.68. The Balaban J connectivity index is 1.58. The van der Waals surface area contributed by atoms with Gasteiger partial charge in [-0.1, -0.05) is 12.1 Å². The molecule has 4 heterocycles. The van der Waals surface area contributed by atoms with Crippen LogP contribution in [-0.2, 0) is 4.79 Å². The monoisotopic (exact) mass is 442 g/mol. The number of benzene rings is 1. The Morgan fingerprint density at radius 1 is 1.21 bits per heavy atom. The van der Waals surface area contributed by atoms with Crippen molar-refractivity contribution in [1.29, 1.82) is 0 Å². The molecule has 1 aliphatic heterocycles. The second kappa shape index (κ2) is 8.62. The first kappa shape index (κ1) is 20.5. The number of rotatable bonds is 6. The van der Waals surface area contributed by atoms with Crippen molar-refractivity contribution in [3.05, 3.63) is 84.0 Å². The average molecular weight is 442 g/mol. The van der Waals surface area contributed by atoms with E-state index in [-0.39, 0.29) is 5.91 Å². The van der Waals surface area contributed by atoms with E-state index >= 15 is 0 Å². The number of ether oxygens (including phenoxy) is 1. The Kier molecular flexibility index (Phi) is 5.35. The first-order valence-corrected chi connectivity index (χ1v) is 10.6. The molecule has 0 fully saturated rings. The summed E-state index contributed by atoms with van der Waals surface area (Å²) in [6, 6.07) is 14.3. The van der Waals surface area contributed by atoms with Crippen LogP contribution >= 0.6 is 0 Å². The highest BCUT2D eigenvalue weighted by molar-refractivity contribution is 6.05. The summed E-state index contributed by atoms with van der Waals surface area (Å²) in [4.78, 5) is 22.1. The number of pyridine rings is 1. The van der Waals surface area contributed by atoms with E-state index < -0.39 is 6.04 Å². The third kappa shape index (κ3) is 3.96. The van der Waals surface area contributed by atoms with Crippen LogP contribution in [0, 0.1) is 0 Å². The lowest BCUT2D eigenvalue weighted by Crippen LogP contribution is -2.31. The zero-order valence-electron chi connectivity index (χ0n) is 18.1. The smallest absolute Gasteiger partial charge is 0.255 e. The van der Waals surface area contributed by atoms with Crippen molar-refractivity contribution >= 4 is 17.5 Å². The number of hydrogen-bond donors (Lipinski definition) is 2. The fraction of sp³-hybridized carbons (Fsp3) is 0.167. The van der Waals surface area contributed by atoms with Gasteiger partial charge >= 0.3 is 0 Å². The molecule has 3 aromatic heterocycles. The normalized spacial score (nSPS) is 15.0. The molecular formula is C24H22N6O3. The number of furan rings is 1. The topological polar surface area (TPSA) is 107 Å². The van der Waals surface area contributed by atoms with Gasteiger partial charge in [0.05, 0.1) is 30.3 Å². The maximum atomic E-state index is 13.4. The summed E-state index contributed by atoms with van der Waals surface area (Å²) >= 11 is 0. The van der Waals surface area contributed by atoms with Crippen LogP contribution in [-0.4, -0.2) is 32.3 Å². The number of amides is 1. The molecule has 33 heavy (non-hydrogen) atoms. The van der Waals surface area contributed by atoms with Gasteiger partial charge in [-0.3, -0.25) is 9.78 Å². The molecule has 1 atom stereocenters. The SMILES string of the molecule is CCOc1ccc(C2C(C(=O)Nc3cccnc3)=C(C)Nc3nc(-c4ccco4)nn32)cc1. The minimum absolute atomic E-state index is 0.257. The molecule has 4 aromatic rings. The summed E-state index contributed by atoms with van der Waals surface area (Å²) in [6.45, 7) is 4.36. The van der Waals surface area contributed by atoms with Gasteiger partial charge in [0.15, 0.2) is 5.76 Å². The van der Waals surface area contributed by atoms with Crippen LogP contribution < -0.4 is 15.4 Å². The van der Waals surface area contributed by atoms with Crippen LogP contribution in [0.25, 0.3) is 11.6 Å². The van der Waals surface area contributed by atoms with Crippen LogP contribution in [0.4, 0.5) is 11.6 Å². The zero-order chi connectivity index (χ0) is 22.8. The molecule has 5 rings (SSSR count). The maximum Gasteiger partial charge on any atom is 0.255 e. The fourth-order valence-electron chi connectivity index (χ4n) is 3.81. The lowest BCUT2D eigenvalue weighted by atomic mass is 9.95. The number of carbonyl (C=O) groups is 1. The number of aromatic nitrogens is 4. The summed E-state index contributed by atoms with van der Waals surface area (Å²) in [5.74, 6) is 2.00. The van der Waals surface area contributed by atoms with Crippen molar-refractivity contribution in [2.45, 2.75) is 19.9 Å². The van der Waals surface area contributed by atoms with E-state index in [9.17, 15) is 4.79 Å². The fourth-order valence-corrected chi connectivity index (χ4v) is 3.81. The molecule has 0 spiro atoms. The first-order chi connectivity index (χ1) is 16.1. The molecule has 9 heteroatoms. The van der Waals surface area contributed by atoms with Crippen LogP contribution in [0.1, 0.15) is 25.5 Å². The van der Waals surface area contributed by atoms with Gasteiger partial charge in [0.25, 0.3) is 5.91 Å². The Morgan fingerprint density at radius 2 is 2.06 bits per heavy atom. The molecule has 0 saturated heterocycles. The standard InChI is InChI=1S/C24H22N6O3/c1-3-32-18-10-8-16(9-11-18)21-20(23(31)27-17-6-4-12-25-14-17)15(2)26-24-28-22(29-30(21)24)19-7-5-13-33-19/h4-14,21H,3H2,1-2H3,(H,27,31)(H,26,28,29). The van der Waals surface area contributed by atoms with E-state index in [1.165, 1.54) is 0 Å². The Morgan fingerprint density at radius 3 is 2.76 bits per heavy atom. The lowest BCUT2D eigenvalue weighted by Gasteiger charge is -2.28. The quantitative estimate of drug-likeness (QED) is 0.459. The number of fused-ring (bicyclic) bond motifs is 1. The van der Waals surface area contributed by atoms with Crippen LogP contribution in [0.3, 0.4) is 0 Å². The Labute approximate surface area is 190 Å². The summed E-state index contributed by atoms with van der Waals surface area (Å²) in [5, 5.41) is 10.8. The van der Waals surface area contributed by atoms with E-state index in [0.717, 1.165) is 11.3 Å². The van der Waals surface area contributed by atoms with E-state index in [4.69, 9.17) is 9.15 Å². The third-order valence-electron chi connectivity index (χ3n) is 5.27. The molecule has 0 radical (unpaired) electrons. The Hall–Kier alpha value is -4.40. The van der Waals surface area contributed by atoms with Crippen LogP contribution in [0.5, 0.6) is 5.75 Å². The molecule has 0 bridgehead atoms.